The molecule has 0 heterocycles. The van der Waals surface area contributed by atoms with Gasteiger partial charge in [-0.15, -0.1) is 0 Å². The van der Waals surface area contributed by atoms with Gasteiger partial charge in [0.2, 0.25) is 0 Å². The largest absolute Gasteiger partial charge is 0.469 e. The molecule has 0 saturated heterocycles. The molecule has 1 N–H and O–H groups in total. The average molecular weight is 314 g/mol. The molecule has 0 saturated carbocycles. The van der Waals surface area contributed by atoms with Crippen LogP contribution in [0.3, 0.4) is 0 Å². The topological polar surface area (TPSA) is 81.7 Å². The van der Waals surface area contributed by atoms with Crippen LogP contribution in [0.2, 0.25) is 5.02 Å². The minimum Gasteiger partial charge on any atom is -0.469 e. The monoisotopic (exact) mass is 313 g/mol. The molecule has 21 heavy (non-hydrogen) atoms. The van der Waals surface area contributed by atoms with Gasteiger partial charge >= 0.3 is 11.9 Å². The van der Waals surface area contributed by atoms with Crippen LogP contribution in [0.25, 0.3) is 0 Å². The Bertz CT molecular complexity index is 518. The lowest BCUT2D eigenvalue weighted by atomic mass is 10.2. The van der Waals surface area contributed by atoms with Crippen molar-refractivity contribution in [1.82, 2.24) is 5.32 Å². The number of methoxy groups -OCH3 is 1. The quantitative estimate of drug-likeness (QED) is 0.610. The lowest BCUT2D eigenvalue weighted by Gasteiger charge is -2.07. The van der Waals surface area contributed by atoms with E-state index in [9.17, 15) is 14.4 Å². The zero-order valence-electron chi connectivity index (χ0n) is 11.6. The van der Waals surface area contributed by atoms with Crippen molar-refractivity contribution in [3.63, 3.8) is 0 Å². The molecule has 0 radical (unpaired) electrons. The number of amides is 1. The van der Waals surface area contributed by atoms with E-state index in [1.54, 1.807) is 18.2 Å². The van der Waals surface area contributed by atoms with Gasteiger partial charge in [-0.1, -0.05) is 23.7 Å². The van der Waals surface area contributed by atoms with E-state index in [0.717, 1.165) is 0 Å². The van der Waals surface area contributed by atoms with Crippen molar-refractivity contribution < 1.29 is 23.9 Å². The van der Waals surface area contributed by atoms with Crippen molar-refractivity contribution in [2.75, 3.05) is 20.3 Å². The number of esters is 2. The van der Waals surface area contributed by atoms with Crippen molar-refractivity contribution in [2.45, 2.75) is 12.8 Å². The Morgan fingerprint density at radius 1 is 1.24 bits per heavy atom. The van der Waals surface area contributed by atoms with Gasteiger partial charge in [0.25, 0.3) is 5.91 Å². The van der Waals surface area contributed by atoms with Gasteiger partial charge in [-0.2, -0.15) is 0 Å². The normalized spacial score (nSPS) is 9.81. The van der Waals surface area contributed by atoms with E-state index in [-0.39, 0.29) is 23.0 Å². The molecule has 114 valence electrons. The molecule has 0 spiro atoms. The van der Waals surface area contributed by atoms with Crippen LogP contribution < -0.4 is 5.32 Å². The van der Waals surface area contributed by atoms with Crippen LogP contribution in [0, 0.1) is 0 Å². The van der Waals surface area contributed by atoms with E-state index in [1.807, 2.05) is 0 Å². The summed E-state index contributed by atoms with van der Waals surface area (Å²) in [6.07, 6.45) is 0.674. The van der Waals surface area contributed by atoms with Crippen LogP contribution in [-0.4, -0.2) is 38.1 Å². The third-order valence-corrected chi connectivity index (χ3v) is 2.87. The molecule has 0 aliphatic heterocycles. The predicted molar refractivity (Wildman–Crippen MR) is 76.0 cm³/mol. The Morgan fingerprint density at radius 2 is 1.95 bits per heavy atom. The standard InChI is InChI=1S/C14H16ClNO5/c1-20-13(18)7-4-8-16-12(17)9-21-14(19)10-5-2-3-6-11(10)15/h2-3,5-6H,4,7-9H2,1H3,(H,16,17). The molecule has 7 heteroatoms. The van der Waals surface area contributed by atoms with Crippen LogP contribution >= 0.6 is 11.6 Å². The molecule has 0 bridgehead atoms. The van der Waals surface area contributed by atoms with Gasteiger partial charge in [-0.25, -0.2) is 4.79 Å². The molecular formula is C14H16ClNO5. The maximum Gasteiger partial charge on any atom is 0.340 e. The number of ether oxygens (including phenoxy) is 2. The summed E-state index contributed by atoms with van der Waals surface area (Å²) in [5.74, 6) is -1.44. The van der Waals surface area contributed by atoms with Gasteiger partial charge < -0.3 is 14.8 Å². The smallest absolute Gasteiger partial charge is 0.340 e. The van der Waals surface area contributed by atoms with Crippen molar-refractivity contribution in [1.29, 1.82) is 0 Å². The highest BCUT2D eigenvalue weighted by Gasteiger charge is 2.12. The van der Waals surface area contributed by atoms with Gasteiger partial charge in [-0.05, 0) is 18.6 Å². The van der Waals surface area contributed by atoms with Gasteiger partial charge in [0.1, 0.15) is 0 Å². The second kappa shape index (κ2) is 8.97. The van der Waals surface area contributed by atoms with Crippen molar-refractivity contribution in [2.24, 2.45) is 0 Å². The fraction of sp³-hybridized carbons (Fsp3) is 0.357. The van der Waals surface area contributed by atoms with Gasteiger partial charge in [-0.3, -0.25) is 9.59 Å². The Balaban J connectivity index is 2.26. The van der Waals surface area contributed by atoms with Crippen molar-refractivity contribution >= 4 is 29.4 Å². The zero-order valence-corrected chi connectivity index (χ0v) is 12.3. The van der Waals surface area contributed by atoms with Crippen LogP contribution in [0.1, 0.15) is 23.2 Å². The van der Waals surface area contributed by atoms with Crippen LogP contribution in [-0.2, 0) is 19.1 Å². The fourth-order valence-electron chi connectivity index (χ4n) is 1.45. The van der Waals surface area contributed by atoms with E-state index in [2.05, 4.69) is 10.1 Å². The van der Waals surface area contributed by atoms with Crippen LogP contribution in [0.4, 0.5) is 0 Å². The summed E-state index contributed by atoms with van der Waals surface area (Å²) in [6.45, 7) is -0.0974. The second-order valence-corrected chi connectivity index (χ2v) is 4.49. The molecule has 0 aromatic heterocycles. The Morgan fingerprint density at radius 3 is 2.62 bits per heavy atom. The molecule has 0 aliphatic rings. The molecule has 6 nitrogen and oxygen atoms in total. The number of nitrogens with one attached hydrogen (secondary N) is 1. The van der Waals surface area contributed by atoms with E-state index in [4.69, 9.17) is 16.3 Å². The highest BCUT2D eigenvalue weighted by molar-refractivity contribution is 6.33. The Kier molecular flexibility index (Phi) is 7.25. The Hall–Kier alpha value is -2.08. The molecule has 0 fully saturated rings. The molecule has 1 aromatic rings. The molecule has 0 aliphatic carbocycles. The summed E-state index contributed by atoms with van der Waals surface area (Å²) in [7, 11) is 1.30. The fourth-order valence-corrected chi connectivity index (χ4v) is 1.66. The van der Waals surface area contributed by atoms with Crippen molar-refractivity contribution in [3.05, 3.63) is 34.9 Å². The predicted octanol–water partition coefficient (Wildman–Crippen LogP) is 1.57. The third-order valence-electron chi connectivity index (χ3n) is 2.54. The highest BCUT2D eigenvalue weighted by Crippen LogP contribution is 2.15. The summed E-state index contributed by atoms with van der Waals surface area (Å²) in [5.41, 5.74) is 0.206. The summed E-state index contributed by atoms with van der Waals surface area (Å²) in [4.78, 5) is 34.0. The summed E-state index contributed by atoms with van der Waals surface area (Å²) in [6, 6.07) is 6.41. The third kappa shape index (κ3) is 6.27. The molecule has 0 unspecified atom stereocenters. The number of hydrogen-bond acceptors (Lipinski definition) is 5. The lowest BCUT2D eigenvalue weighted by Crippen LogP contribution is -2.30. The maximum atomic E-state index is 11.7. The molecule has 1 aromatic carbocycles. The van der Waals surface area contributed by atoms with Crippen LogP contribution in [0.15, 0.2) is 24.3 Å². The molecular weight excluding hydrogens is 298 g/mol. The first kappa shape index (κ1) is 17.0. The lowest BCUT2D eigenvalue weighted by molar-refractivity contribution is -0.140. The second-order valence-electron chi connectivity index (χ2n) is 4.09. The van der Waals surface area contributed by atoms with E-state index >= 15 is 0 Å². The summed E-state index contributed by atoms with van der Waals surface area (Å²) in [5, 5.41) is 2.79. The SMILES string of the molecule is COC(=O)CCCNC(=O)COC(=O)c1ccccc1Cl. The van der Waals surface area contributed by atoms with E-state index in [1.165, 1.54) is 13.2 Å². The summed E-state index contributed by atoms with van der Waals surface area (Å²) < 4.78 is 9.31. The first-order chi connectivity index (χ1) is 10.0. The van der Waals surface area contributed by atoms with Crippen molar-refractivity contribution in [3.8, 4) is 0 Å². The molecule has 1 amide bonds. The number of rotatable bonds is 7. The summed E-state index contributed by atoms with van der Waals surface area (Å²) >= 11 is 5.84. The van der Waals surface area contributed by atoms with Gasteiger partial charge in [0.15, 0.2) is 6.61 Å². The van der Waals surface area contributed by atoms with Gasteiger partial charge in [0, 0.05) is 13.0 Å². The van der Waals surface area contributed by atoms with Crippen LogP contribution in [0.5, 0.6) is 0 Å². The van der Waals surface area contributed by atoms with E-state index < -0.39 is 18.5 Å². The Labute approximate surface area is 127 Å². The number of carbonyl (C=O) groups is 3. The number of carbonyl (C=O) groups excluding carboxylic acids is 3. The number of hydrogen-bond donors (Lipinski definition) is 1. The number of halogens is 1. The number of benzene rings is 1. The first-order valence-corrected chi connectivity index (χ1v) is 6.67. The minimum atomic E-state index is -0.662. The van der Waals surface area contributed by atoms with E-state index in [0.29, 0.717) is 13.0 Å². The molecule has 0 atom stereocenters. The zero-order chi connectivity index (χ0) is 15.7. The average Bonchev–Trinajstić information content (AvgIpc) is 2.49. The first-order valence-electron chi connectivity index (χ1n) is 6.29. The van der Waals surface area contributed by atoms with Gasteiger partial charge in [0.05, 0.1) is 17.7 Å². The maximum absolute atomic E-state index is 11.7. The highest BCUT2D eigenvalue weighted by atomic mass is 35.5. The minimum absolute atomic E-state index is 0.206. The molecule has 1 rings (SSSR count).